The third-order valence-corrected chi connectivity index (χ3v) is 5.92. The zero-order valence-corrected chi connectivity index (χ0v) is 16.9. The summed E-state index contributed by atoms with van der Waals surface area (Å²) in [4.78, 5) is 37.7. The van der Waals surface area contributed by atoms with Crippen molar-refractivity contribution in [2.45, 2.75) is 25.7 Å². The second-order valence-corrected chi connectivity index (χ2v) is 7.81. The molecule has 3 aliphatic rings. The topological polar surface area (TPSA) is 71.5 Å². The van der Waals surface area contributed by atoms with Gasteiger partial charge in [0.25, 0.3) is 5.91 Å². The molecule has 0 aromatic heterocycles. The molecular weight excluding hydrogens is 380 g/mol. The van der Waals surface area contributed by atoms with Crippen molar-refractivity contribution in [3.05, 3.63) is 34.9 Å². The fourth-order valence-electron chi connectivity index (χ4n) is 4.04. The van der Waals surface area contributed by atoms with Crippen molar-refractivity contribution >= 4 is 29.5 Å². The molecule has 28 heavy (non-hydrogen) atoms. The Kier molecular flexibility index (Phi) is 5.16. The Balaban J connectivity index is 1.64. The van der Waals surface area contributed by atoms with E-state index < -0.39 is 18.2 Å². The first-order valence-electron chi connectivity index (χ1n) is 9.61. The Labute approximate surface area is 169 Å². The summed E-state index contributed by atoms with van der Waals surface area (Å²) in [5, 5.41) is 3.10. The number of rotatable bonds is 3. The quantitative estimate of drug-likeness (QED) is 0.814. The van der Waals surface area contributed by atoms with Gasteiger partial charge >= 0.3 is 6.03 Å². The standard InChI is InChI=1S/C19H25ClN6O2/c1-3-24-7-9-25(10-8-24)18-21-16-15(17(27)22-19(28)23(16)2)26(18)12-13-5-4-6-14(20)11-13/h4-6,11,15-16H,3,7-10,12H2,1-2H3,(H,22,27,28). The zero-order chi connectivity index (χ0) is 19.8. The van der Waals surface area contributed by atoms with Gasteiger partial charge in [0, 0.05) is 44.8 Å². The Hall–Kier alpha value is -2.32. The highest BCUT2D eigenvalue weighted by atomic mass is 35.5. The Morgan fingerprint density at radius 1 is 1.21 bits per heavy atom. The number of hydrogen-bond donors (Lipinski definition) is 1. The minimum absolute atomic E-state index is 0.305. The van der Waals surface area contributed by atoms with Gasteiger partial charge in [-0.05, 0) is 24.2 Å². The summed E-state index contributed by atoms with van der Waals surface area (Å²) in [6.45, 7) is 7.29. The molecule has 0 saturated carbocycles. The van der Waals surface area contributed by atoms with Crippen molar-refractivity contribution < 1.29 is 9.59 Å². The van der Waals surface area contributed by atoms with Gasteiger partial charge in [-0.2, -0.15) is 0 Å². The maximum atomic E-state index is 12.7. The van der Waals surface area contributed by atoms with Crippen LogP contribution in [0.5, 0.6) is 0 Å². The first-order chi connectivity index (χ1) is 13.5. The monoisotopic (exact) mass is 404 g/mol. The second kappa shape index (κ2) is 7.60. The molecule has 1 N–H and O–H groups in total. The molecule has 0 spiro atoms. The van der Waals surface area contributed by atoms with E-state index in [0.717, 1.165) is 44.2 Å². The number of piperazine rings is 1. The first kappa shape index (κ1) is 19.0. The largest absolute Gasteiger partial charge is 0.340 e. The van der Waals surface area contributed by atoms with E-state index in [0.29, 0.717) is 11.6 Å². The summed E-state index contributed by atoms with van der Waals surface area (Å²) in [6, 6.07) is 6.67. The van der Waals surface area contributed by atoms with Gasteiger partial charge in [-0.15, -0.1) is 0 Å². The summed E-state index contributed by atoms with van der Waals surface area (Å²) in [5.74, 6) is 0.475. The average Bonchev–Trinajstić information content (AvgIpc) is 3.06. The normalized spacial score (nSPS) is 25.7. The van der Waals surface area contributed by atoms with Gasteiger partial charge < -0.3 is 19.6 Å². The predicted octanol–water partition coefficient (Wildman–Crippen LogP) is 1.03. The van der Waals surface area contributed by atoms with Crippen LogP contribution in [0.25, 0.3) is 0 Å². The molecule has 3 heterocycles. The number of carbonyl (C=O) groups excluding carboxylic acids is 2. The minimum Gasteiger partial charge on any atom is -0.340 e. The smallest absolute Gasteiger partial charge is 0.325 e. The molecule has 3 amide bonds. The Morgan fingerprint density at radius 3 is 2.64 bits per heavy atom. The van der Waals surface area contributed by atoms with Gasteiger partial charge in [-0.3, -0.25) is 10.1 Å². The average molecular weight is 405 g/mol. The molecule has 1 aromatic carbocycles. The molecule has 0 aliphatic carbocycles. The molecule has 2 atom stereocenters. The molecule has 4 rings (SSSR count). The number of nitrogens with one attached hydrogen (secondary N) is 1. The number of urea groups is 1. The number of carbonyl (C=O) groups is 2. The molecule has 9 heteroatoms. The Morgan fingerprint density at radius 2 is 1.96 bits per heavy atom. The number of aliphatic imine (C=N–C) groups is 1. The van der Waals surface area contributed by atoms with Crippen LogP contribution in [0.15, 0.2) is 29.3 Å². The SMILES string of the molecule is CCN1CCN(C2=NC3C(C(=O)NC(=O)N3C)N2Cc2cccc(Cl)c2)CC1. The van der Waals surface area contributed by atoms with E-state index in [4.69, 9.17) is 16.6 Å². The lowest BCUT2D eigenvalue weighted by atomic mass is 10.1. The number of nitrogens with zero attached hydrogens (tertiary/aromatic N) is 5. The zero-order valence-electron chi connectivity index (χ0n) is 16.1. The maximum absolute atomic E-state index is 12.7. The third kappa shape index (κ3) is 3.42. The van der Waals surface area contributed by atoms with E-state index in [9.17, 15) is 9.59 Å². The minimum atomic E-state index is -0.541. The van der Waals surface area contributed by atoms with Gasteiger partial charge in [-0.1, -0.05) is 30.7 Å². The van der Waals surface area contributed by atoms with Crippen LogP contribution in [-0.4, -0.2) is 89.5 Å². The highest BCUT2D eigenvalue weighted by Crippen LogP contribution is 2.28. The van der Waals surface area contributed by atoms with Gasteiger partial charge in [0.05, 0.1) is 0 Å². The molecular formula is C19H25ClN6O2. The maximum Gasteiger partial charge on any atom is 0.325 e. The number of hydrogen-bond acceptors (Lipinski definition) is 6. The Bertz CT molecular complexity index is 807. The highest BCUT2D eigenvalue weighted by molar-refractivity contribution is 6.30. The molecule has 0 bridgehead atoms. The molecule has 2 fully saturated rings. The number of amides is 3. The number of likely N-dealkylation sites (N-methyl/N-ethyl adjacent to an activating group) is 2. The lowest BCUT2D eigenvalue weighted by Crippen LogP contribution is -2.64. The van der Waals surface area contributed by atoms with E-state index >= 15 is 0 Å². The van der Waals surface area contributed by atoms with E-state index in [1.807, 2.05) is 29.2 Å². The van der Waals surface area contributed by atoms with Gasteiger partial charge in [0.1, 0.15) is 0 Å². The molecule has 0 radical (unpaired) electrons. The van der Waals surface area contributed by atoms with Gasteiger partial charge in [-0.25, -0.2) is 9.79 Å². The second-order valence-electron chi connectivity index (χ2n) is 7.37. The highest BCUT2D eigenvalue weighted by Gasteiger charge is 2.49. The van der Waals surface area contributed by atoms with Crippen LogP contribution >= 0.6 is 11.6 Å². The van der Waals surface area contributed by atoms with Gasteiger partial charge in [0.2, 0.25) is 0 Å². The molecule has 2 saturated heterocycles. The lowest BCUT2D eigenvalue weighted by molar-refractivity contribution is -0.127. The first-order valence-corrected chi connectivity index (χ1v) is 9.99. The summed E-state index contributed by atoms with van der Waals surface area (Å²) in [7, 11) is 1.68. The predicted molar refractivity (Wildman–Crippen MR) is 107 cm³/mol. The number of imide groups is 1. The van der Waals surface area contributed by atoms with Crippen LogP contribution < -0.4 is 5.32 Å². The fourth-order valence-corrected chi connectivity index (χ4v) is 4.25. The van der Waals surface area contributed by atoms with Crippen LogP contribution in [0.4, 0.5) is 4.79 Å². The number of benzene rings is 1. The lowest BCUT2D eigenvalue weighted by Gasteiger charge is -2.40. The van der Waals surface area contributed by atoms with Crippen molar-refractivity contribution in [1.82, 2.24) is 24.9 Å². The van der Waals surface area contributed by atoms with Crippen molar-refractivity contribution in [3.8, 4) is 0 Å². The number of guanidine groups is 1. The van der Waals surface area contributed by atoms with E-state index in [2.05, 4.69) is 22.0 Å². The fraction of sp³-hybridized carbons (Fsp3) is 0.526. The van der Waals surface area contributed by atoms with Crippen LogP contribution in [0.2, 0.25) is 5.02 Å². The van der Waals surface area contributed by atoms with Crippen molar-refractivity contribution in [1.29, 1.82) is 0 Å². The number of fused-ring (bicyclic) bond motifs is 1. The van der Waals surface area contributed by atoms with Crippen molar-refractivity contribution in [2.24, 2.45) is 4.99 Å². The molecule has 8 nitrogen and oxygen atoms in total. The van der Waals surface area contributed by atoms with Crippen molar-refractivity contribution in [3.63, 3.8) is 0 Å². The molecule has 2 unspecified atom stereocenters. The molecule has 1 aromatic rings. The van der Waals surface area contributed by atoms with Crippen LogP contribution in [0, 0.1) is 0 Å². The van der Waals surface area contributed by atoms with E-state index in [1.54, 1.807) is 7.05 Å². The third-order valence-electron chi connectivity index (χ3n) is 5.68. The number of halogens is 1. The van der Waals surface area contributed by atoms with Crippen LogP contribution in [0.3, 0.4) is 0 Å². The summed E-state index contributed by atoms with van der Waals surface area (Å²) < 4.78 is 0. The summed E-state index contributed by atoms with van der Waals surface area (Å²) >= 11 is 6.16. The van der Waals surface area contributed by atoms with E-state index in [1.165, 1.54) is 4.90 Å². The van der Waals surface area contributed by atoms with E-state index in [-0.39, 0.29) is 5.91 Å². The van der Waals surface area contributed by atoms with Crippen LogP contribution in [0.1, 0.15) is 12.5 Å². The van der Waals surface area contributed by atoms with Crippen molar-refractivity contribution in [2.75, 3.05) is 39.8 Å². The molecule has 150 valence electrons. The molecule has 3 aliphatic heterocycles. The summed E-state index contributed by atoms with van der Waals surface area (Å²) in [5.41, 5.74) is 1.00. The van der Waals surface area contributed by atoms with Crippen LogP contribution in [-0.2, 0) is 11.3 Å². The summed E-state index contributed by atoms with van der Waals surface area (Å²) in [6.07, 6.45) is -0.514. The van der Waals surface area contributed by atoms with Gasteiger partial charge in [0.15, 0.2) is 18.2 Å².